The number of carbonyl (C=O) groups is 2. The molecule has 6 nitrogen and oxygen atoms in total. The second-order valence-electron chi connectivity index (χ2n) is 9.43. The van der Waals surface area contributed by atoms with E-state index in [1.807, 2.05) is 54.3 Å². The zero-order chi connectivity index (χ0) is 24.1. The van der Waals surface area contributed by atoms with Crippen molar-refractivity contribution in [1.82, 2.24) is 9.80 Å². The molecule has 1 heterocycles. The van der Waals surface area contributed by atoms with E-state index in [0.717, 1.165) is 48.8 Å². The number of carbonyl (C=O) groups excluding carboxylic acids is 2. The number of methoxy groups -OCH3 is 1. The standard InChI is InChI=1S/C28H36N2O4/c1-4-16-34-24-15-14-22(17-25(24)33-3)27-28(32)29(23-8-6-5-7-9-23)19-26(31)30(27)18-21-12-10-20(2)11-13-21/h10-15,17,23,27H,4-9,16,18-19H2,1-3H3. The average molecular weight is 465 g/mol. The summed E-state index contributed by atoms with van der Waals surface area (Å²) >= 11 is 0. The fourth-order valence-electron chi connectivity index (χ4n) is 5.03. The molecule has 2 aromatic rings. The molecule has 34 heavy (non-hydrogen) atoms. The Morgan fingerprint density at radius 2 is 1.71 bits per heavy atom. The van der Waals surface area contributed by atoms with Crippen molar-refractivity contribution in [2.75, 3.05) is 20.3 Å². The van der Waals surface area contributed by atoms with Gasteiger partial charge in [-0.25, -0.2) is 0 Å². The maximum Gasteiger partial charge on any atom is 0.250 e. The van der Waals surface area contributed by atoms with Gasteiger partial charge in [-0.2, -0.15) is 0 Å². The van der Waals surface area contributed by atoms with Gasteiger partial charge in [0.05, 0.1) is 13.7 Å². The summed E-state index contributed by atoms with van der Waals surface area (Å²) in [5.41, 5.74) is 2.93. The van der Waals surface area contributed by atoms with E-state index in [2.05, 4.69) is 6.92 Å². The van der Waals surface area contributed by atoms with Crippen molar-refractivity contribution < 1.29 is 19.1 Å². The van der Waals surface area contributed by atoms with Gasteiger partial charge in [0.1, 0.15) is 12.6 Å². The fourth-order valence-corrected chi connectivity index (χ4v) is 5.03. The zero-order valence-corrected chi connectivity index (χ0v) is 20.6. The minimum atomic E-state index is -0.682. The molecule has 0 spiro atoms. The van der Waals surface area contributed by atoms with E-state index in [-0.39, 0.29) is 24.4 Å². The van der Waals surface area contributed by atoms with Gasteiger partial charge in [-0.1, -0.05) is 62.1 Å². The monoisotopic (exact) mass is 464 g/mol. The summed E-state index contributed by atoms with van der Waals surface area (Å²) in [7, 11) is 1.60. The fraction of sp³-hybridized carbons (Fsp3) is 0.500. The van der Waals surface area contributed by atoms with Gasteiger partial charge in [0, 0.05) is 12.6 Å². The SMILES string of the molecule is CCCOc1ccc(C2C(=O)N(C3CCCCC3)CC(=O)N2Cc2ccc(C)cc2)cc1OC. The first-order valence-corrected chi connectivity index (χ1v) is 12.5. The normalized spacial score (nSPS) is 19.4. The number of aryl methyl sites for hydroxylation is 1. The van der Waals surface area contributed by atoms with Crippen LogP contribution in [-0.2, 0) is 16.1 Å². The minimum absolute atomic E-state index is 0.00268. The Kier molecular flexibility index (Phi) is 7.76. The molecule has 1 saturated carbocycles. The van der Waals surface area contributed by atoms with Crippen LogP contribution in [0.25, 0.3) is 0 Å². The first-order valence-electron chi connectivity index (χ1n) is 12.5. The molecular weight excluding hydrogens is 428 g/mol. The van der Waals surface area contributed by atoms with Crippen LogP contribution in [0.4, 0.5) is 0 Å². The first-order chi connectivity index (χ1) is 16.5. The Labute approximate surface area is 202 Å². The molecule has 4 rings (SSSR count). The van der Waals surface area contributed by atoms with Crippen molar-refractivity contribution in [3.8, 4) is 11.5 Å². The van der Waals surface area contributed by atoms with Crippen LogP contribution in [0.5, 0.6) is 11.5 Å². The third-order valence-electron chi connectivity index (χ3n) is 6.91. The van der Waals surface area contributed by atoms with Gasteiger partial charge in [0.2, 0.25) is 5.91 Å². The molecule has 182 valence electrons. The summed E-state index contributed by atoms with van der Waals surface area (Å²) in [4.78, 5) is 31.0. The van der Waals surface area contributed by atoms with E-state index < -0.39 is 6.04 Å². The molecule has 0 N–H and O–H groups in total. The number of hydrogen-bond acceptors (Lipinski definition) is 4. The number of hydrogen-bond donors (Lipinski definition) is 0. The molecule has 1 unspecified atom stereocenters. The van der Waals surface area contributed by atoms with E-state index >= 15 is 0 Å². The summed E-state index contributed by atoms with van der Waals surface area (Å²) in [6.45, 7) is 5.23. The highest BCUT2D eigenvalue weighted by Gasteiger charge is 2.43. The molecule has 0 aromatic heterocycles. The summed E-state index contributed by atoms with van der Waals surface area (Å²) in [5.74, 6) is 1.22. The Balaban J connectivity index is 1.69. The first kappa shape index (κ1) is 24.1. The van der Waals surface area contributed by atoms with Gasteiger partial charge >= 0.3 is 0 Å². The van der Waals surface area contributed by atoms with Gasteiger partial charge in [-0.15, -0.1) is 0 Å². The van der Waals surface area contributed by atoms with Crippen molar-refractivity contribution >= 4 is 11.8 Å². The van der Waals surface area contributed by atoms with Crippen LogP contribution in [0, 0.1) is 6.92 Å². The highest BCUT2D eigenvalue weighted by molar-refractivity contribution is 5.96. The molecule has 2 aromatic carbocycles. The lowest BCUT2D eigenvalue weighted by Gasteiger charge is -2.44. The summed E-state index contributed by atoms with van der Waals surface area (Å²) in [5, 5.41) is 0. The van der Waals surface area contributed by atoms with Gasteiger partial charge < -0.3 is 19.3 Å². The molecular formula is C28H36N2O4. The van der Waals surface area contributed by atoms with Gasteiger partial charge in [0.25, 0.3) is 5.91 Å². The van der Waals surface area contributed by atoms with Crippen LogP contribution in [0.15, 0.2) is 42.5 Å². The average Bonchev–Trinajstić information content (AvgIpc) is 2.86. The summed E-state index contributed by atoms with van der Waals surface area (Å²) in [6.07, 6.45) is 6.25. The Morgan fingerprint density at radius 1 is 0.971 bits per heavy atom. The number of piperazine rings is 1. The van der Waals surface area contributed by atoms with Crippen molar-refractivity contribution in [3.05, 3.63) is 59.2 Å². The molecule has 2 aliphatic rings. The molecule has 1 atom stereocenters. The van der Waals surface area contributed by atoms with Crippen molar-refractivity contribution in [2.45, 2.75) is 71.0 Å². The quantitative estimate of drug-likeness (QED) is 0.549. The van der Waals surface area contributed by atoms with Crippen LogP contribution >= 0.6 is 0 Å². The predicted octanol–water partition coefficient (Wildman–Crippen LogP) is 5.04. The number of ether oxygens (including phenoxy) is 2. The zero-order valence-electron chi connectivity index (χ0n) is 20.6. The predicted molar refractivity (Wildman–Crippen MR) is 132 cm³/mol. The number of benzene rings is 2. The van der Waals surface area contributed by atoms with Crippen LogP contribution in [-0.4, -0.2) is 47.9 Å². The lowest BCUT2D eigenvalue weighted by Crippen LogP contribution is -2.58. The van der Waals surface area contributed by atoms with Crippen molar-refractivity contribution in [3.63, 3.8) is 0 Å². The molecule has 1 aliphatic carbocycles. The number of amides is 2. The van der Waals surface area contributed by atoms with E-state index in [9.17, 15) is 9.59 Å². The highest BCUT2D eigenvalue weighted by atomic mass is 16.5. The van der Waals surface area contributed by atoms with Gasteiger partial charge in [-0.05, 0) is 49.4 Å². The molecule has 2 fully saturated rings. The van der Waals surface area contributed by atoms with E-state index in [0.29, 0.717) is 24.7 Å². The smallest absolute Gasteiger partial charge is 0.250 e. The molecule has 0 bridgehead atoms. The van der Waals surface area contributed by atoms with E-state index in [1.54, 1.807) is 12.0 Å². The third-order valence-corrected chi connectivity index (χ3v) is 6.91. The highest BCUT2D eigenvalue weighted by Crippen LogP contribution is 2.37. The van der Waals surface area contributed by atoms with E-state index in [1.165, 1.54) is 6.42 Å². The van der Waals surface area contributed by atoms with Gasteiger partial charge in [0.15, 0.2) is 11.5 Å². The van der Waals surface area contributed by atoms with Crippen LogP contribution in [0.2, 0.25) is 0 Å². The van der Waals surface area contributed by atoms with Gasteiger partial charge in [-0.3, -0.25) is 9.59 Å². The van der Waals surface area contributed by atoms with E-state index in [4.69, 9.17) is 9.47 Å². The minimum Gasteiger partial charge on any atom is -0.493 e. The molecule has 2 amide bonds. The molecule has 1 aliphatic heterocycles. The van der Waals surface area contributed by atoms with Crippen molar-refractivity contribution in [1.29, 1.82) is 0 Å². The largest absolute Gasteiger partial charge is 0.493 e. The lowest BCUT2D eigenvalue weighted by molar-refractivity contribution is -0.160. The third kappa shape index (κ3) is 5.21. The summed E-state index contributed by atoms with van der Waals surface area (Å²) in [6, 6.07) is 13.2. The maximum absolute atomic E-state index is 13.9. The Morgan fingerprint density at radius 3 is 2.38 bits per heavy atom. The second kappa shape index (κ2) is 10.9. The molecule has 6 heteroatoms. The molecule has 1 saturated heterocycles. The Hall–Kier alpha value is -3.02. The van der Waals surface area contributed by atoms with Crippen LogP contribution < -0.4 is 9.47 Å². The topological polar surface area (TPSA) is 59.1 Å². The van der Waals surface area contributed by atoms with Crippen LogP contribution in [0.1, 0.15) is 68.2 Å². The molecule has 0 radical (unpaired) electrons. The lowest BCUT2D eigenvalue weighted by atomic mass is 9.91. The number of nitrogens with zero attached hydrogens (tertiary/aromatic N) is 2. The second-order valence-corrected chi connectivity index (χ2v) is 9.43. The number of rotatable bonds is 8. The van der Waals surface area contributed by atoms with Crippen molar-refractivity contribution in [2.24, 2.45) is 0 Å². The Bertz CT molecular complexity index is 998. The summed E-state index contributed by atoms with van der Waals surface area (Å²) < 4.78 is 11.4. The maximum atomic E-state index is 13.9. The van der Waals surface area contributed by atoms with Crippen LogP contribution in [0.3, 0.4) is 0 Å².